The molecule has 1 rings (SSSR count). The number of ether oxygens (including phenoxy) is 3. The molecule has 0 radical (unpaired) electrons. The van der Waals surface area contributed by atoms with Gasteiger partial charge in [0.25, 0.3) is 0 Å². The summed E-state index contributed by atoms with van der Waals surface area (Å²) < 4.78 is 16.0. The molecule has 0 heterocycles. The van der Waals surface area contributed by atoms with Crippen LogP contribution in [0.15, 0.2) is 42.5 Å². The second kappa shape index (κ2) is 12.0. The first-order valence-electron chi connectivity index (χ1n) is 10.4. The molecule has 10 nitrogen and oxygen atoms in total. The van der Waals surface area contributed by atoms with E-state index in [0.717, 1.165) is 0 Å². The maximum Gasteiger partial charge on any atom is 0.420 e. The lowest BCUT2D eigenvalue weighted by molar-refractivity contribution is -0.468. The maximum atomic E-state index is 13.0. The SMILES string of the molecule is CC(C)(C)OC(=O)N(C(=O)OC(C)(C)C)[C@H](C/C=C\C[N+](=O)[O-])C(=O)OCc1ccccc1. The summed E-state index contributed by atoms with van der Waals surface area (Å²) in [6.07, 6.45) is 0.140. The highest BCUT2D eigenvalue weighted by Gasteiger charge is 2.40. The topological polar surface area (TPSA) is 125 Å². The van der Waals surface area contributed by atoms with Gasteiger partial charge in [0.2, 0.25) is 6.54 Å². The zero-order valence-corrected chi connectivity index (χ0v) is 19.9. The monoisotopic (exact) mass is 464 g/mol. The highest BCUT2D eigenvalue weighted by Crippen LogP contribution is 2.20. The van der Waals surface area contributed by atoms with Crippen LogP contribution in [0, 0.1) is 10.1 Å². The van der Waals surface area contributed by atoms with Crippen molar-refractivity contribution in [1.82, 2.24) is 4.90 Å². The number of esters is 1. The quantitative estimate of drug-likeness (QED) is 0.181. The Bertz CT molecular complexity index is 825. The van der Waals surface area contributed by atoms with Crippen molar-refractivity contribution in [2.45, 2.75) is 71.8 Å². The first-order chi connectivity index (χ1) is 15.2. The Labute approximate surface area is 193 Å². The molecule has 0 N–H and O–H groups in total. The van der Waals surface area contributed by atoms with Crippen LogP contribution in [-0.2, 0) is 25.6 Å². The van der Waals surface area contributed by atoms with Crippen molar-refractivity contribution < 1.29 is 33.5 Å². The van der Waals surface area contributed by atoms with Crippen LogP contribution in [0.25, 0.3) is 0 Å². The number of nitro groups is 1. The van der Waals surface area contributed by atoms with E-state index < -0.39 is 46.9 Å². The molecule has 33 heavy (non-hydrogen) atoms. The summed E-state index contributed by atoms with van der Waals surface area (Å²) in [4.78, 5) is 49.4. The Morgan fingerprint density at radius 1 is 0.970 bits per heavy atom. The van der Waals surface area contributed by atoms with Gasteiger partial charge in [-0.05, 0) is 59.6 Å². The molecule has 10 heteroatoms. The van der Waals surface area contributed by atoms with Crippen molar-refractivity contribution in [3.8, 4) is 0 Å². The van der Waals surface area contributed by atoms with Crippen molar-refractivity contribution in [1.29, 1.82) is 0 Å². The van der Waals surface area contributed by atoms with E-state index in [1.165, 1.54) is 12.2 Å². The lowest BCUT2D eigenvalue weighted by Crippen LogP contribution is -2.52. The average Bonchev–Trinajstić information content (AvgIpc) is 2.66. The smallest absolute Gasteiger partial charge is 0.420 e. The van der Waals surface area contributed by atoms with Crippen molar-refractivity contribution >= 4 is 18.2 Å². The van der Waals surface area contributed by atoms with Crippen molar-refractivity contribution in [2.75, 3.05) is 6.54 Å². The van der Waals surface area contributed by atoms with E-state index in [4.69, 9.17) is 14.2 Å². The van der Waals surface area contributed by atoms with E-state index in [1.54, 1.807) is 71.9 Å². The lowest BCUT2D eigenvalue weighted by Gasteiger charge is -2.32. The van der Waals surface area contributed by atoms with Crippen LogP contribution in [-0.4, -0.2) is 51.8 Å². The molecule has 0 unspecified atom stereocenters. The summed E-state index contributed by atoms with van der Waals surface area (Å²) in [5.74, 6) is -0.888. The summed E-state index contributed by atoms with van der Waals surface area (Å²) in [6, 6.07) is 7.39. The summed E-state index contributed by atoms with van der Waals surface area (Å²) >= 11 is 0. The summed E-state index contributed by atoms with van der Waals surface area (Å²) in [7, 11) is 0. The van der Waals surface area contributed by atoms with Crippen molar-refractivity contribution in [2.24, 2.45) is 0 Å². The molecule has 2 amide bonds. The van der Waals surface area contributed by atoms with Crippen LogP contribution >= 0.6 is 0 Å². The van der Waals surface area contributed by atoms with E-state index in [-0.39, 0.29) is 13.0 Å². The first-order valence-corrected chi connectivity index (χ1v) is 10.4. The van der Waals surface area contributed by atoms with Crippen LogP contribution < -0.4 is 0 Å². The fourth-order valence-electron chi connectivity index (χ4n) is 2.47. The Balaban J connectivity index is 3.25. The molecule has 0 aliphatic heterocycles. The van der Waals surface area contributed by atoms with Gasteiger partial charge in [0.1, 0.15) is 23.9 Å². The largest absolute Gasteiger partial charge is 0.459 e. The van der Waals surface area contributed by atoms with Crippen molar-refractivity contribution in [3.63, 3.8) is 0 Å². The summed E-state index contributed by atoms with van der Waals surface area (Å²) in [6.45, 7) is 9.08. The maximum absolute atomic E-state index is 13.0. The third-order valence-electron chi connectivity index (χ3n) is 3.77. The van der Waals surface area contributed by atoms with E-state index in [2.05, 4.69) is 0 Å². The molecule has 0 spiro atoms. The highest BCUT2D eigenvalue weighted by molar-refractivity contribution is 5.94. The normalized spacial score (nSPS) is 12.7. The van der Waals surface area contributed by atoms with Crippen LogP contribution in [0.2, 0.25) is 0 Å². The molecule has 1 aromatic carbocycles. The molecule has 1 atom stereocenters. The molecule has 0 fully saturated rings. The summed E-state index contributed by atoms with van der Waals surface area (Å²) in [5, 5.41) is 10.6. The molecule has 1 aromatic rings. The van der Waals surface area contributed by atoms with E-state index in [1.807, 2.05) is 0 Å². The molecule has 0 saturated carbocycles. The minimum atomic E-state index is -1.46. The molecule has 0 bridgehead atoms. The Kier molecular flexibility index (Phi) is 10.0. The number of imide groups is 1. The third kappa shape index (κ3) is 11.1. The highest BCUT2D eigenvalue weighted by atomic mass is 16.6. The number of nitrogens with zero attached hydrogens (tertiary/aromatic N) is 2. The minimum Gasteiger partial charge on any atom is -0.459 e. The van der Waals surface area contributed by atoms with Gasteiger partial charge in [-0.25, -0.2) is 14.4 Å². The van der Waals surface area contributed by atoms with Gasteiger partial charge in [0.05, 0.1) is 0 Å². The third-order valence-corrected chi connectivity index (χ3v) is 3.77. The number of carbonyl (C=O) groups excluding carboxylic acids is 3. The zero-order valence-electron chi connectivity index (χ0n) is 19.9. The number of hydrogen-bond acceptors (Lipinski definition) is 8. The van der Waals surface area contributed by atoms with Gasteiger partial charge in [0, 0.05) is 4.92 Å². The number of hydrogen-bond donors (Lipinski definition) is 0. The Hall–Kier alpha value is -3.43. The number of benzene rings is 1. The van der Waals surface area contributed by atoms with Crippen LogP contribution in [0.5, 0.6) is 0 Å². The average molecular weight is 465 g/mol. The van der Waals surface area contributed by atoms with Gasteiger partial charge in [-0.3, -0.25) is 10.1 Å². The molecule has 182 valence electrons. The molecular weight excluding hydrogens is 432 g/mol. The van der Waals surface area contributed by atoms with Crippen LogP contribution in [0.3, 0.4) is 0 Å². The Morgan fingerprint density at radius 2 is 1.48 bits per heavy atom. The number of amides is 2. The van der Waals surface area contributed by atoms with Gasteiger partial charge in [-0.15, -0.1) is 0 Å². The van der Waals surface area contributed by atoms with Gasteiger partial charge in [-0.1, -0.05) is 36.4 Å². The Morgan fingerprint density at radius 3 is 1.94 bits per heavy atom. The zero-order chi connectivity index (χ0) is 25.2. The predicted octanol–water partition coefficient (Wildman–Crippen LogP) is 4.49. The van der Waals surface area contributed by atoms with Crippen LogP contribution in [0.4, 0.5) is 9.59 Å². The van der Waals surface area contributed by atoms with E-state index in [0.29, 0.717) is 10.5 Å². The van der Waals surface area contributed by atoms with Gasteiger partial charge in [-0.2, -0.15) is 4.90 Å². The number of rotatable bonds is 8. The predicted molar refractivity (Wildman–Crippen MR) is 120 cm³/mol. The standard InChI is InChI=1S/C23H32N2O8/c1-22(2,3)32-20(27)25(21(28)33-23(4,5)6)18(14-10-11-15-24(29)30)19(26)31-16-17-12-8-7-9-13-17/h7-13,18H,14-16H2,1-6H3/b11-10-/t18-/m1/s1. The van der Waals surface area contributed by atoms with Crippen LogP contribution in [0.1, 0.15) is 53.5 Å². The molecule has 0 aliphatic rings. The molecule has 0 aliphatic carbocycles. The minimum absolute atomic E-state index is 0.0920. The van der Waals surface area contributed by atoms with Gasteiger partial charge >= 0.3 is 18.2 Å². The van der Waals surface area contributed by atoms with Crippen molar-refractivity contribution in [3.05, 3.63) is 58.2 Å². The second-order valence-corrected chi connectivity index (χ2v) is 9.16. The molecule has 0 saturated heterocycles. The fraction of sp³-hybridized carbons (Fsp3) is 0.522. The lowest BCUT2D eigenvalue weighted by atomic mass is 10.1. The van der Waals surface area contributed by atoms with Gasteiger partial charge < -0.3 is 14.2 Å². The summed E-state index contributed by atoms with van der Waals surface area (Å²) in [5.41, 5.74) is -1.22. The molecular formula is C23H32N2O8. The van der Waals surface area contributed by atoms with Gasteiger partial charge in [0.15, 0.2) is 0 Å². The van der Waals surface area contributed by atoms with E-state index >= 15 is 0 Å². The molecule has 0 aromatic heterocycles. The second-order valence-electron chi connectivity index (χ2n) is 9.16. The van der Waals surface area contributed by atoms with E-state index in [9.17, 15) is 24.5 Å². The first kappa shape index (κ1) is 27.6. The number of carbonyl (C=O) groups is 3. The fourth-order valence-corrected chi connectivity index (χ4v) is 2.47.